The number of anilines is 2. The maximum absolute atomic E-state index is 12.9. The number of aryl methyl sites for hydroxylation is 3. The van der Waals surface area contributed by atoms with E-state index in [1.165, 1.54) is 11.1 Å². The van der Waals surface area contributed by atoms with Crippen molar-refractivity contribution in [1.82, 2.24) is 15.0 Å². The molecular weight excluding hydrogens is 614 g/mol. The summed E-state index contributed by atoms with van der Waals surface area (Å²) in [6.07, 6.45) is 1.72. The van der Waals surface area contributed by atoms with Crippen molar-refractivity contribution in [3.8, 4) is 11.1 Å². The summed E-state index contributed by atoms with van der Waals surface area (Å²) in [5, 5.41) is 11.6. The third-order valence-corrected chi connectivity index (χ3v) is 10.1. The van der Waals surface area contributed by atoms with E-state index in [1.54, 1.807) is 0 Å². The maximum Gasteiger partial charge on any atom is 0.337 e. The third kappa shape index (κ3) is 6.25. The first-order chi connectivity index (χ1) is 23.2. The van der Waals surface area contributed by atoms with Gasteiger partial charge >= 0.3 is 5.97 Å². The monoisotopic (exact) mass is 661 g/mol. The van der Waals surface area contributed by atoms with Crippen LogP contribution in [-0.2, 0) is 22.5 Å². The van der Waals surface area contributed by atoms with Crippen LogP contribution in [0.15, 0.2) is 46.9 Å². The zero-order chi connectivity index (χ0) is 34.8. The van der Waals surface area contributed by atoms with Crippen molar-refractivity contribution < 1.29 is 19.1 Å². The molecule has 256 valence electrons. The lowest BCUT2D eigenvalue weighted by Gasteiger charge is -2.41. The fourth-order valence-electron chi connectivity index (χ4n) is 7.54. The van der Waals surface area contributed by atoms with Crippen molar-refractivity contribution in [3.63, 3.8) is 0 Å². The summed E-state index contributed by atoms with van der Waals surface area (Å²) in [7, 11) is 0. The molecule has 0 spiro atoms. The first-order valence-corrected chi connectivity index (χ1v) is 17.4. The van der Waals surface area contributed by atoms with Crippen LogP contribution >= 0.6 is 0 Å². The largest absolute Gasteiger partial charge is 0.479 e. The molecule has 2 aliphatic heterocycles. The van der Waals surface area contributed by atoms with Gasteiger partial charge in [0.25, 0.3) is 0 Å². The molecule has 7 rings (SSSR count). The van der Waals surface area contributed by atoms with Gasteiger partial charge in [-0.1, -0.05) is 44.2 Å². The number of fused-ring (bicyclic) bond motifs is 4. The van der Waals surface area contributed by atoms with Crippen LogP contribution in [0.2, 0.25) is 0 Å². The molecule has 5 heterocycles. The molecule has 9 nitrogen and oxygen atoms in total. The standard InChI is InChI=1S/C40H47N5O4/c1-23-31(34(44-19-16-40(7,8)17-20-44)32(24(2)41-23)35(38(46)47)49-39(4,5)6)27-13-14-28-22-45(18-15-26(28)21-27)37-36-33(42-25(3)43-37)29-11-9-10-12-30(29)48-36/h9-14,21,35H,15-20,22H2,1-8H3,(H,46,47)/t35-/m0/s1. The number of carbonyl (C=O) groups is 1. The zero-order valence-corrected chi connectivity index (χ0v) is 30.0. The lowest BCUT2D eigenvalue weighted by atomic mass is 9.81. The van der Waals surface area contributed by atoms with E-state index in [1.807, 2.05) is 65.8 Å². The number of carboxylic acids is 1. The van der Waals surface area contributed by atoms with Gasteiger partial charge in [-0.2, -0.15) is 0 Å². The van der Waals surface area contributed by atoms with Gasteiger partial charge in [-0.25, -0.2) is 14.8 Å². The normalized spacial score (nSPS) is 17.1. The minimum Gasteiger partial charge on any atom is -0.479 e. The summed E-state index contributed by atoms with van der Waals surface area (Å²) in [6.45, 7) is 19.4. The Morgan fingerprint density at radius 1 is 0.939 bits per heavy atom. The Labute approximate surface area is 288 Å². The lowest BCUT2D eigenvalue weighted by Crippen LogP contribution is -2.39. The molecule has 1 N–H and O–H groups in total. The van der Waals surface area contributed by atoms with E-state index in [-0.39, 0.29) is 5.41 Å². The van der Waals surface area contributed by atoms with Crippen molar-refractivity contribution >= 4 is 39.5 Å². The fourth-order valence-corrected chi connectivity index (χ4v) is 7.54. The average molecular weight is 662 g/mol. The van der Waals surface area contributed by atoms with Gasteiger partial charge in [0.1, 0.15) is 16.9 Å². The first kappa shape index (κ1) is 33.0. The minimum absolute atomic E-state index is 0.232. The van der Waals surface area contributed by atoms with Gasteiger partial charge in [0.2, 0.25) is 0 Å². The van der Waals surface area contributed by atoms with Crippen LogP contribution in [0, 0.1) is 26.2 Å². The van der Waals surface area contributed by atoms with E-state index in [4.69, 9.17) is 24.1 Å². The molecule has 49 heavy (non-hydrogen) atoms. The van der Waals surface area contributed by atoms with E-state index < -0.39 is 17.7 Å². The third-order valence-electron chi connectivity index (χ3n) is 10.1. The van der Waals surface area contributed by atoms with Crippen LogP contribution in [0.4, 0.5) is 11.5 Å². The molecule has 2 aliphatic rings. The number of hydrogen-bond donors (Lipinski definition) is 1. The van der Waals surface area contributed by atoms with Gasteiger partial charge in [0, 0.05) is 54.1 Å². The van der Waals surface area contributed by atoms with Gasteiger partial charge in [-0.15, -0.1) is 0 Å². The highest BCUT2D eigenvalue weighted by atomic mass is 16.5. The summed E-state index contributed by atoms with van der Waals surface area (Å²) in [6, 6.07) is 14.7. The second-order valence-electron chi connectivity index (χ2n) is 15.5. The maximum atomic E-state index is 12.9. The molecule has 0 amide bonds. The van der Waals surface area contributed by atoms with Crippen molar-refractivity contribution in [3.05, 3.63) is 76.4 Å². The van der Waals surface area contributed by atoms with Crippen molar-refractivity contribution in [1.29, 1.82) is 0 Å². The molecule has 0 aliphatic carbocycles. The number of para-hydroxylation sites is 1. The van der Waals surface area contributed by atoms with E-state index in [0.717, 1.165) is 95.1 Å². The van der Waals surface area contributed by atoms with Crippen LogP contribution in [-0.4, -0.2) is 51.3 Å². The average Bonchev–Trinajstić information content (AvgIpc) is 3.41. The molecule has 2 aromatic carbocycles. The Morgan fingerprint density at radius 2 is 1.67 bits per heavy atom. The predicted octanol–water partition coefficient (Wildman–Crippen LogP) is 8.49. The van der Waals surface area contributed by atoms with Gasteiger partial charge < -0.3 is 24.1 Å². The smallest absolute Gasteiger partial charge is 0.337 e. The van der Waals surface area contributed by atoms with Crippen LogP contribution < -0.4 is 9.80 Å². The van der Waals surface area contributed by atoms with E-state index in [2.05, 4.69) is 41.8 Å². The number of hydrogen-bond acceptors (Lipinski definition) is 8. The zero-order valence-electron chi connectivity index (χ0n) is 30.0. The molecule has 0 saturated carbocycles. The molecule has 1 saturated heterocycles. The molecule has 3 aromatic heterocycles. The SMILES string of the molecule is Cc1nc(N2CCc3cc(-c4c(C)nc(C)c([C@H](OC(C)(C)C)C(=O)O)c4N4CCC(C)(C)CC4)ccc3C2)c2oc3ccccc3c2n1. The molecular formula is C40H47N5O4. The Bertz CT molecular complexity index is 2080. The Hall–Kier alpha value is -4.50. The highest BCUT2D eigenvalue weighted by Crippen LogP contribution is 2.45. The van der Waals surface area contributed by atoms with Crippen LogP contribution in [0.5, 0.6) is 0 Å². The van der Waals surface area contributed by atoms with Gasteiger partial charge in [0.15, 0.2) is 17.5 Å². The molecule has 9 heteroatoms. The van der Waals surface area contributed by atoms with Gasteiger partial charge in [-0.05, 0) is 95.0 Å². The molecule has 0 unspecified atom stereocenters. The number of nitrogens with zero attached hydrogens (tertiary/aromatic N) is 5. The summed E-state index contributed by atoms with van der Waals surface area (Å²) in [5.41, 5.74) is 9.69. The highest BCUT2D eigenvalue weighted by molar-refractivity contribution is 6.05. The first-order valence-electron chi connectivity index (χ1n) is 17.4. The predicted molar refractivity (Wildman–Crippen MR) is 194 cm³/mol. The van der Waals surface area contributed by atoms with E-state index >= 15 is 0 Å². The molecule has 0 radical (unpaired) electrons. The number of aliphatic carboxylic acids is 1. The molecule has 1 fully saturated rings. The number of pyridine rings is 1. The number of ether oxygens (including phenoxy) is 1. The van der Waals surface area contributed by atoms with Crippen LogP contribution in [0.1, 0.15) is 87.5 Å². The number of benzene rings is 2. The van der Waals surface area contributed by atoms with E-state index in [0.29, 0.717) is 17.8 Å². The number of furan rings is 1. The quantitative estimate of drug-likeness (QED) is 0.192. The summed E-state index contributed by atoms with van der Waals surface area (Å²) < 4.78 is 12.6. The second kappa shape index (κ2) is 12.1. The van der Waals surface area contributed by atoms with Crippen LogP contribution in [0.25, 0.3) is 33.2 Å². The second-order valence-corrected chi connectivity index (χ2v) is 15.5. The highest BCUT2D eigenvalue weighted by Gasteiger charge is 2.37. The molecule has 1 atom stereocenters. The Balaban J connectivity index is 1.31. The number of piperidine rings is 1. The van der Waals surface area contributed by atoms with E-state index in [9.17, 15) is 9.90 Å². The van der Waals surface area contributed by atoms with Crippen molar-refractivity contribution in [2.75, 3.05) is 29.4 Å². The van der Waals surface area contributed by atoms with Gasteiger partial charge in [0.05, 0.1) is 11.3 Å². The summed E-state index contributed by atoms with van der Waals surface area (Å²) in [5.74, 6) is 0.542. The van der Waals surface area contributed by atoms with Crippen LogP contribution in [0.3, 0.4) is 0 Å². The Kier molecular flexibility index (Phi) is 8.17. The number of rotatable bonds is 6. The van der Waals surface area contributed by atoms with Crippen molar-refractivity contribution in [2.45, 2.75) is 92.9 Å². The molecule has 0 bridgehead atoms. The summed E-state index contributed by atoms with van der Waals surface area (Å²) >= 11 is 0. The van der Waals surface area contributed by atoms with Gasteiger partial charge in [-0.3, -0.25) is 4.98 Å². The summed E-state index contributed by atoms with van der Waals surface area (Å²) in [4.78, 5) is 32.2. The number of carboxylic acid groups (broad SMARTS) is 1. The number of aromatic nitrogens is 3. The minimum atomic E-state index is -1.14. The van der Waals surface area contributed by atoms with Crippen molar-refractivity contribution in [2.24, 2.45) is 5.41 Å². The lowest BCUT2D eigenvalue weighted by molar-refractivity contribution is -0.160. The topological polar surface area (TPSA) is 105 Å². The fraction of sp³-hybridized carbons (Fsp3) is 0.450. The Morgan fingerprint density at radius 3 is 2.39 bits per heavy atom. The molecule has 5 aromatic rings.